The number of carbonyl (C=O) groups is 3. The number of aliphatic carboxylic acids is 1. The molecule has 0 aliphatic heterocycles. The van der Waals surface area contributed by atoms with Gasteiger partial charge in [0.15, 0.2) is 5.78 Å². The SMILES string of the molecule is CC(=N)CC(=O)CNC(=O)c1c(-c2ccccc2)c(-c2ccc(F)cc2)c(CC[C@@H](O)C[C@@H](O)CC(=O)O)n1C(C)C. The molecule has 3 rings (SSSR count). The largest absolute Gasteiger partial charge is 0.481 e. The number of Topliss-reactive ketones (excluding diaryl/α,β-unsaturated/α-hetero) is 1. The Hall–Kier alpha value is -4.15. The van der Waals surface area contributed by atoms with Gasteiger partial charge in [0, 0.05) is 35.0 Å². The number of nitrogens with zero attached hydrogens (tertiary/aromatic N) is 1. The van der Waals surface area contributed by atoms with Crippen LogP contribution >= 0.6 is 0 Å². The molecule has 0 aliphatic rings. The molecule has 42 heavy (non-hydrogen) atoms. The van der Waals surface area contributed by atoms with Gasteiger partial charge in [-0.25, -0.2) is 4.39 Å². The zero-order chi connectivity index (χ0) is 31.0. The number of benzene rings is 2. The molecule has 1 aromatic heterocycles. The van der Waals surface area contributed by atoms with Gasteiger partial charge in [-0.2, -0.15) is 0 Å². The number of carboxylic acid groups (broad SMARTS) is 1. The van der Waals surface area contributed by atoms with E-state index in [-0.39, 0.29) is 49.8 Å². The smallest absolute Gasteiger partial charge is 0.305 e. The van der Waals surface area contributed by atoms with E-state index in [0.717, 1.165) is 5.56 Å². The lowest BCUT2D eigenvalue weighted by atomic mass is 9.92. The Morgan fingerprint density at radius 3 is 2.14 bits per heavy atom. The first-order valence-corrected chi connectivity index (χ1v) is 13.9. The van der Waals surface area contributed by atoms with Gasteiger partial charge in [-0.1, -0.05) is 42.5 Å². The molecule has 0 bridgehead atoms. The van der Waals surface area contributed by atoms with Crippen LogP contribution in [0.4, 0.5) is 4.39 Å². The summed E-state index contributed by atoms with van der Waals surface area (Å²) in [6, 6.07) is 14.9. The predicted molar refractivity (Wildman–Crippen MR) is 158 cm³/mol. The third-order valence-corrected chi connectivity index (χ3v) is 6.81. The number of amides is 1. The number of aliphatic hydroxyl groups is 2. The number of aliphatic hydroxyl groups excluding tert-OH is 2. The topological polar surface area (TPSA) is 153 Å². The number of nitrogens with one attached hydrogen (secondary N) is 2. The van der Waals surface area contributed by atoms with Gasteiger partial charge >= 0.3 is 5.97 Å². The lowest BCUT2D eigenvalue weighted by Crippen LogP contribution is -2.32. The van der Waals surface area contributed by atoms with Gasteiger partial charge in [-0.15, -0.1) is 0 Å². The summed E-state index contributed by atoms with van der Waals surface area (Å²) in [5.74, 6) is -2.39. The number of carboxylic acids is 1. The Morgan fingerprint density at radius 2 is 1.57 bits per heavy atom. The lowest BCUT2D eigenvalue weighted by Gasteiger charge is -2.20. The van der Waals surface area contributed by atoms with Gasteiger partial charge in [0.2, 0.25) is 0 Å². The maximum Gasteiger partial charge on any atom is 0.305 e. The van der Waals surface area contributed by atoms with Crippen molar-refractivity contribution < 1.29 is 34.1 Å². The molecule has 3 aromatic rings. The van der Waals surface area contributed by atoms with Crippen LogP contribution in [-0.4, -0.2) is 62.0 Å². The monoisotopic (exact) mass is 579 g/mol. The van der Waals surface area contributed by atoms with Crippen molar-refractivity contribution in [3.63, 3.8) is 0 Å². The number of rotatable bonds is 15. The first kappa shape index (κ1) is 32.4. The fourth-order valence-corrected chi connectivity index (χ4v) is 5.13. The molecule has 5 N–H and O–H groups in total. The van der Waals surface area contributed by atoms with Crippen LogP contribution in [0, 0.1) is 11.2 Å². The first-order valence-electron chi connectivity index (χ1n) is 13.9. The molecule has 1 heterocycles. The van der Waals surface area contributed by atoms with E-state index in [1.165, 1.54) is 19.1 Å². The summed E-state index contributed by atoms with van der Waals surface area (Å²) in [7, 11) is 0. The Bertz CT molecular complexity index is 1420. The van der Waals surface area contributed by atoms with Crippen molar-refractivity contribution in [3.05, 3.63) is 71.8 Å². The van der Waals surface area contributed by atoms with Crippen molar-refractivity contribution in [3.8, 4) is 22.3 Å². The summed E-state index contributed by atoms with van der Waals surface area (Å²) in [6.07, 6.45) is -2.51. The predicted octanol–water partition coefficient (Wildman–Crippen LogP) is 4.79. The standard InChI is InChI=1S/C32H38FN3O6/c1-19(2)36-27(14-13-24(37)16-25(38)17-28(40)41)29(22-9-11-23(33)12-10-22)30(21-7-5-4-6-8-21)31(36)32(42)35-18-26(39)15-20(3)34/h4-12,19,24-25,34,37-38H,13-18H2,1-3H3,(H,35,42)(H,40,41)/t24-,25-/m1/s1. The quantitative estimate of drug-likeness (QED) is 0.163. The van der Waals surface area contributed by atoms with Crippen LogP contribution in [0.15, 0.2) is 54.6 Å². The van der Waals surface area contributed by atoms with Crippen molar-refractivity contribution >= 4 is 23.4 Å². The molecule has 0 saturated carbocycles. The Balaban J connectivity index is 2.18. The number of hydrogen-bond donors (Lipinski definition) is 5. The summed E-state index contributed by atoms with van der Waals surface area (Å²) in [5, 5.41) is 40.0. The van der Waals surface area contributed by atoms with Crippen LogP contribution in [0.5, 0.6) is 0 Å². The molecule has 2 aromatic carbocycles. The van der Waals surface area contributed by atoms with Crippen LogP contribution in [-0.2, 0) is 16.0 Å². The zero-order valence-electron chi connectivity index (χ0n) is 24.1. The van der Waals surface area contributed by atoms with Gasteiger partial charge < -0.3 is 30.6 Å². The minimum Gasteiger partial charge on any atom is -0.481 e. The molecule has 2 atom stereocenters. The molecule has 0 radical (unpaired) electrons. The summed E-state index contributed by atoms with van der Waals surface area (Å²) in [4.78, 5) is 37.2. The number of halogens is 1. The van der Waals surface area contributed by atoms with E-state index in [1.54, 1.807) is 12.1 Å². The van der Waals surface area contributed by atoms with Crippen molar-refractivity contribution in [2.24, 2.45) is 0 Å². The van der Waals surface area contributed by atoms with Gasteiger partial charge in [-0.05, 0) is 63.3 Å². The van der Waals surface area contributed by atoms with Crippen molar-refractivity contribution in [1.29, 1.82) is 5.41 Å². The number of aromatic nitrogens is 1. The Kier molecular flexibility index (Phi) is 11.3. The van der Waals surface area contributed by atoms with Gasteiger partial charge in [-0.3, -0.25) is 14.4 Å². The molecule has 1 amide bonds. The first-order chi connectivity index (χ1) is 19.9. The molecule has 0 fully saturated rings. The van der Waals surface area contributed by atoms with E-state index in [9.17, 15) is 29.0 Å². The maximum absolute atomic E-state index is 14.0. The third-order valence-electron chi connectivity index (χ3n) is 6.81. The van der Waals surface area contributed by atoms with E-state index in [0.29, 0.717) is 28.1 Å². The molecule has 0 saturated heterocycles. The van der Waals surface area contributed by atoms with Crippen LogP contribution in [0.2, 0.25) is 0 Å². The van der Waals surface area contributed by atoms with E-state index in [2.05, 4.69) is 5.32 Å². The minimum absolute atomic E-state index is 0.0747. The second-order valence-corrected chi connectivity index (χ2v) is 10.7. The average molecular weight is 580 g/mol. The van der Waals surface area contributed by atoms with Crippen LogP contribution in [0.1, 0.15) is 68.7 Å². The summed E-state index contributed by atoms with van der Waals surface area (Å²) < 4.78 is 15.8. The molecule has 10 heteroatoms. The van der Waals surface area contributed by atoms with Gasteiger partial charge in [0.1, 0.15) is 11.5 Å². The van der Waals surface area contributed by atoms with Crippen LogP contribution in [0.3, 0.4) is 0 Å². The molecule has 0 aliphatic carbocycles. The molecular weight excluding hydrogens is 541 g/mol. The van der Waals surface area contributed by atoms with E-state index in [1.807, 2.05) is 48.7 Å². The number of ketones is 1. The number of carbonyl (C=O) groups excluding carboxylic acids is 2. The maximum atomic E-state index is 14.0. The van der Waals surface area contributed by atoms with Gasteiger partial charge in [0.25, 0.3) is 5.91 Å². The second kappa shape index (κ2) is 14.7. The minimum atomic E-state index is -1.21. The fraction of sp³-hybridized carbons (Fsp3) is 0.375. The Labute approximate surface area is 244 Å². The summed E-state index contributed by atoms with van der Waals surface area (Å²) in [6.45, 7) is 5.07. The molecule has 0 spiro atoms. The highest BCUT2D eigenvalue weighted by Gasteiger charge is 2.30. The molecule has 9 nitrogen and oxygen atoms in total. The highest BCUT2D eigenvalue weighted by atomic mass is 19.1. The van der Waals surface area contributed by atoms with E-state index in [4.69, 9.17) is 10.5 Å². The van der Waals surface area contributed by atoms with E-state index >= 15 is 0 Å². The Morgan fingerprint density at radius 1 is 0.952 bits per heavy atom. The highest BCUT2D eigenvalue weighted by molar-refractivity contribution is 6.07. The van der Waals surface area contributed by atoms with Gasteiger partial charge in [0.05, 0.1) is 25.2 Å². The fourth-order valence-electron chi connectivity index (χ4n) is 5.13. The van der Waals surface area contributed by atoms with E-state index < -0.39 is 36.3 Å². The summed E-state index contributed by atoms with van der Waals surface area (Å²) in [5.41, 5.74) is 3.80. The normalized spacial score (nSPS) is 12.6. The zero-order valence-corrected chi connectivity index (χ0v) is 24.1. The van der Waals surface area contributed by atoms with Crippen molar-refractivity contribution in [2.45, 2.75) is 71.1 Å². The van der Waals surface area contributed by atoms with Crippen LogP contribution in [0.25, 0.3) is 22.3 Å². The lowest BCUT2D eigenvalue weighted by molar-refractivity contribution is -0.139. The van der Waals surface area contributed by atoms with Crippen LogP contribution < -0.4 is 5.32 Å². The molecule has 0 unspecified atom stereocenters. The summed E-state index contributed by atoms with van der Waals surface area (Å²) >= 11 is 0. The van der Waals surface area contributed by atoms with Crippen molar-refractivity contribution in [1.82, 2.24) is 9.88 Å². The second-order valence-electron chi connectivity index (χ2n) is 10.7. The number of hydrogen-bond acceptors (Lipinski definition) is 6. The average Bonchev–Trinajstić information content (AvgIpc) is 3.26. The van der Waals surface area contributed by atoms with Crippen molar-refractivity contribution in [2.75, 3.05) is 6.54 Å². The third kappa shape index (κ3) is 8.43. The highest BCUT2D eigenvalue weighted by Crippen LogP contribution is 2.42. The molecule has 224 valence electrons. The molecular formula is C32H38FN3O6.